The lowest BCUT2D eigenvalue weighted by Gasteiger charge is -2.04. The van der Waals surface area contributed by atoms with Crippen LogP contribution < -0.4 is 4.74 Å². The van der Waals surface area contributed by atoms with Crippen molar-refractivity contribution in [1.29, 1.82) is 0 Å². The summed E-state index contributed by atoms with van der Waals surface area (Å²) in [7, 11) is 0. The minimum atomic E-state index is 0.303. The van der Waals surface area contributed by atoms with Gasteiger partial charge >= 0.3 is 0 Å². The second-order valence-corrected chi connectivity index (χ2v) is 4.70. The molecular weight excluding hydrogens is 300 g/mol. The average molecular weight is 308 g/mol. The Kier molecular flexibility index (Phi) is 2.91. The highest BCUT2D eigenvalue weighted by molar-refractivity contribution is 9.11. The van der Waals surface area contributed by atoms with Gasteiger partial charge < -0.3 is 9.47 Å². The number of ether oxygens (including phenoxy) is 2. The summed E-state index contributed by atoms with van der Waals surface area (Å²) in [5.74, 6) is 0.858. The number of benzene rings is 1. The lowest BCUT2D eigenvalue weighted by atomic mass is 10.3. The van der Waals surface area contributed by atoms with E-state index in [0.717, 1.165) is 21.3 Å². The van der Waals surface area contributed by atoms with Gasteiger partial charge in [-0.25, -0.2) is 0 Å². The fourth-order valence-electron chi connectivity index (χ4n) is 0.965. The maximum atomic E-state index is 5.51. The molecule has 1 unspecified atom stereocenters. The van der Waals surface area contributed by atoms with Crippen LogP contribution in [-0.2, 0) is 4.74 Å². The Morgan fingerprint density at radius 1 is 1.31 bits per heavy atom. The minimum absolute atomic E-state index is 0.303. The second kappa shape index (κ2) is 3.98. The van der Waals surface area contributed by atoms with Gasteiger partial charge in [0, 0.05) is 8.95 Å². The molecule has 0 aliphatic carbocycles. The summed E-state index contributed by atoms with van der Waals surface area (Å²) in [6, 6.07) is 5.85. The molecule has 1 aliphatic heterocycles. The molecule has 0 N–H and O–H groups in total. The van der Waals surface area contributed by atoms with Crippen LogP contribution in [0, 0.1) is 0 Å². The van der Waals surface area contributed by atoms with Crippen LogP contribution in [0.25, 0.3) is 0 Å². The molecule has 1 aliphatic rings. The van der Waals surface area contributed by atoms with E-state index in [1.165, 1.54) is 0 Å². The molecule has 0 saturated carbocycles. The van der Waals surface area contributed by atoms with Crippen LogP contribution in [0.1, 0.15) is 0 Å². The van der Waals surface area contributed by atoms with Crippen molar-refractivity contribution in [2.45, 2.75) is 6.10 Å². The van der Waals surface area contributed by atoms with Gasteiger partial charge in [0.15, 0.2) is 0 Å². The lowest BCUT2D eigenvalue weighted by molar-refractivity contribution is 0.263. The van der Waals surface area contributed by atoms with E-state index in [1.807, 2.05) is 18.2 Å². The number of epoxide rings is 1. The quantitative estimate of drug-likeness (QED) is 0.801. The first-order valence-corrected chi connectivity index (χ1v) is 5.53. The van der Waals surface area contributed by atoms with Crippen molar-refractivity contribution in [1.82, 2.24) is 0 Å². The molecular formula is C9H8Br2O2. The SMILES string of the molecule is Brc1cc(Br)cc(OCC2CO2)c1. The molecule has 2 rings (SSSR count). The molecule has 1 fully saturated rings. The minimum Gasteiger partial charge on any atom is -0.491 e. The monoisotopic (exact) mass is 306 g/mol. The lowest BCUT2D eigenvalue weighted by Crippen LogP contribution is -2.03. The smallest absolute Gasteiger partial charge is 0.121 e. The number of hydrogen-bond donors (Lipinski definition) is 0. The van der Waals surface area contributed by atoms with Gasteiger partial charge in [0.1, 0.15) is 18.5 Å². The highest BCUT2D eigenvalue weighted by Crippen LogP contribution is 2.25. The van der Waals surface area contributed by atoms with Gasteiger partial charge in [0.05, 0.1) is 6.61 Å². The van der Waals surface area contributed by atoms with E-state index in [1.54, 1.807) is 0 Å². The van der Waals surface area contributed by atoms with Crippen molar-refractivity contribution >= 4 is 31.9 Å². The van der Waals surface area contributed by atoms with Crippen molar-refractivity contribution in [2.24, 2.45) is 0 Å². The van der Waals surface area contributed by atoms with Crippen LogP contribution in [0.5, 0.6) is 5.75 Å². The highest BCUT2D eigenvalue weighted by atomic mass is 79.9. The molecule has 4 heteroatoms. The predicted octanol–water partition coefficient (Wildman–Crippen LogP) is 2.99. The first-order chi connectivity index (χ1) is 6.24. The number of hydrogen-bond acceptors (Lipinski definition) is 2. The van der Waals surface area contributed by atoms with Crippen LogP contribution in [0.2, 0.25) is 0 Å². The van der Waals surface area contributed by atoms with Crippen LogP contribution in [0.3, 0.4) is 0 Å². The summed E-state index contributed by atoms with van der Waals surface area (Å²) in [4.78, 5) is 0. The highest BCUT2D eigenvalue weighted by Gasteiger charge is 2.23. The number of rotatable bonds is 3. The maximum Gasteiger partial charge on any atom is 0.121 e. The zero-order chi connectivity index (χ0) is 9.26. The Hall–Kier alpha value is -0.0600. The van der Waals surface area contributed by atoms with Crippen LogP contribution in [-0.4, -0.2) is 19.3 Å². The fraction of sp³-hybridized carbons (Fsp3) is 0.333. The zero-order valence-corrected chi connectivity index (χ0v) is 9.97. The van der Waals surface area contributed by atoms with Crippen LogP contribution in [0.15, 0.2) is 27.1 Å². The normalized spacial score (nSPS) is 20.0. The molecule has 0 amide bonds. The number of halogens is 2. The molecule has 1 atom stereocenters. The molecule has 13 heavy (non-hydrogen) atoms. The van der Waals surface area contributed by atoms with Crippen molar-refractivity contribution in [3.63, 3.8) is 0 Å². The van der Waals surface area contributed by atoms with E-state index >= 15 is 0 Å². The van der Waals surface area contributed by atoms with E-state index in [0.29, 0.717) is 12.7 Å². The fourth-order valence-corrected chi connectivity index (χ4v) is 2.22. The second-order valence-electron chi connectivity index (χ2n) is 2.87. The third-order valence-corrected chi connectivity index (χ3v) is 2.59. The molecule has 1 aromatic rings. The molecule has 1 heterocycles. The summed E-state index contributed by atoms with van der Waals surface area (Å²) >= 11 is 6.79. The van der Waals surface area contributed by atoms with Gasteiger partial charge in [0.2, 0.25) is 0 Å². The van der Waals surface area contributed by atoms with E-state index < -0.39 is 0 Å². The first kappa shape index (κ1) is 9.49. The Bertz CT molecular complexity index is 290. The van der Waals surface area contributed by atoms with Crippen molar-refractivity contribution in [2.75, 3.05) is 13.2 Å². The van der Waals surface area contributed by atoms with Gasteiger partial charge in [0.25, 0.3) is 0 Å². The van der Waals surface area contributed by atoms with Crippen molar-refractivity contribution in [3.05, 3.63) is 27.1 Å². The average Bonchev–Trinajstić information content (AvgIpc) is 2.81. The van der Waals surface area contributed by atoms with E-state index in [9.17, 15) is 0 Å². The molecule has 70 valence electrons. The van der Waals surface area contributed by atoms with E-state index in [4.69, 9.17) is 9.47 Å². The molecule has 0 bridgehead atoms. The summed E-state index contributed by atoms with van der Waals surface area (Å²) < 4.78 is 12.6. The molecule has 0 spiro atoms. The largest absolute Gasteiger partial charge is 0.491 e. The third-order valence-electron chi connectivity index (χ3n) is 1.67. The summed E-state index contributed by atoms with van der Waals surface area (Å²) in [6.07, 6.45) is 0.303. The molecule has 0 aromatic heterocycles. The van der Waals surface area contributed by atoms with Crippen LogP contribution >= 0.6 is 31.9 Å². The van der Waals surface area contributed by atoms with E-state index in [2.05, 4.69) is 31.9 Å². The Labute approximate surface area is 93.5 Å². The molecule has 2 nitrogen and oxygen atoms in total. The first-order valence-electron chi connectivity index (χ1n) is 3.94. The standard InChI is InChI=1S/C9H8Br2O2/c10-6-1-7(11)3-8(2-6)12-4-9-5-13-9/h1-3,9H,4-5H2. The van der Waals surface area contributed by atoms with Crippen molar-refractivity contribution in [3.8, 4) is 5.75 Å². The van der Waals surface area contributed by atoms with Gasteiger partial charge in [-0.2, -0.15) is 0 Å². The third kappa shape index (κ3) is 2.97. The molecule has 1 saturated heterocycles. The van der Waals surface area contributed by atoms with Crippen LogP contribution in [0.4, 0.5) is 0 Å². The molecule has 1 aromatic carbocycles. The van der Waals surface area contributed by atoms with Gasteiger partial charge in [-0.15, -0.1) is 0 Å². The summed E-state index contributed by atoms with van der Waals surface area (Å²) in [6.45, 7) is 1.47. The Morgan fingerprint density at radius 3 is 2.46 bits per heavy atom. The maximum absolute atomic E-state index is 5.51. The zero-order valence-electron chi connectivity index (χ0n) is 6.80. The topological polar surface area (TPSA) is 21.8 Å². The Balaban J connectivity index is 2.01. The molecule has 0 radical (unpaired) electrons. The van der Waals surface area contributed by atoms with Gasteiger partial charge in [-0.05, 0) is 18.2 Å². The summed E-state index contributed by atoms with van der Waals surface area (Å²) in [5, 5.41) is 0. The predicted molar refractivity (Wildman–Crippen MR) is 57.1 cm³/mol. The van der Waals surface area contributed by atoms with Gasteiger partial charge in [-0.3, -0.25) is 0 Å². The summed E-state index contributed by atoms with van der Waals surface area (Å²) in [5.41, 5.74) is 0. The van der Waals surface area contributed by atoms with E-state index in [-0.39, 0.29) is 0 Å². The Morgan fingerprint density at radius 2 is 1.92 bits per heavy atom. The van der Waals surface area contributed by atoms with Crippen molar-refractivity contribution < 1.29 is 9.47 Å². The van der Waals surface area contributed by atoms with Gasteiger partial charge in [-0.1, -0.05) is 31.9 Å².